The summed E-state index contributed by atoms with van der Waals surface area (Å²) in [7, 11) is 0. The highest BCUT2D eigenvalue weighted by Crippen LogP contribution is 2.66. The minimum absolute atomic E-state index is 0.00105. The molecule has 7 unspecified atom stereocenters. The molecule has 4 aliphatic carbocycles. The van der Waals surface area contributed by atoms with Gasteiger partial charge in [-0.2, -0.15) is 0 Å². The van der Waals surface area contributed by atoms with Gasteiger partial charge in [0.15, 0.2) is 0 Å². The summed E-state index contributed by atoms with van der Waals surface area (Å²) < 4.78 is 22.4. The van der Waals surface area contributed by atoms with Crippen LogP contribution in [-0.2, 0) is 18.9 Å². The van der Waals surface area contributed by atoms with Crippen molar-refractivity contribution in [3.8, 4) is 0 Å². The zero-order chi connectivity index (χ0) is 30.7. The van der Waals surface area contributed by atoms with Gasteiger partial charge in [0.1, 0.15) is 6.10 Å². The van der Waals surface area contributed by atoms with Gasteiger partial charge in [-0.3, -0.25) is 0 Å². The van der Waals surface area contributed by atoms with E-state index in [-0.39, 0.29) is 12.2 Å². The number of alkyl carbamates (subject to hydrolysis) is 1. The number of carbonyl (C=O) groups is 1. The molecule has 1 amide bonds. The first-order valence-corrected chi connectivity index (χ1v) is 18.1. The van der Waals surface area contributed by atoms with Crippen LogP contribution >= 0.6 is 0 Å². The second-order valence-corrected chi connectivity index (χ2v) is 15.1. The second-order valence-electron chi connectivity index (χ2n) is 15.1. The molecule has 0 radical (unpaired) electrons. The fourth-order valence-corrected chi connectivity index (χ4v) is 9.50. The van der Waals surface area contributed by atoms with E-state index in [1.165, 1.54) is 57.8 Å². The maximum atomic E-state index is 12.6. The number of unbranched alkanes of at least 4 members (excludes halogenated alkanes) is 1. The van der Waals surface area contributed by atoms with Gasteiger partial charge >= 0.3 is 6.09 Å². The molecule has 0 heterocycles. The normalized spacial score (nSPS) is 33.4. The van der Waals surface area contributed by atoms with Gasteiger partial charge < -0.3 is 24.3 Å². The third kappa shape index (κ3) is 9.22. The van der Waals surface area contributed by atoms with Gasteiger partial charge in [-0.1, -0.05) is 65.5 Å². The summed E-state index contributed by atoms with van der Waals surface area (Å²) in [6.45, 7) is 16.4. The highest BCUT2D eigenvalue weighted by molar-refractivity contribution is 5.67. The van der Waals surface area contributed by atoms with Gasteiger partial charge in [0.25, 0.3) is 0 Å². The molecule has 248 valence electrons. The number of allylic oxidation sites excluding steroid dienone is 1. The minimum Gasteiger partial charge on any atom is -0.446 e. The Labute approximate surface area is 263 Å². The minimum atomic E-state index is -0.280. The first-order chi connectivity index (χ1) is 20.8. The molecule has 0 aromatic rings. The predicted molar refractivity (Wildman–Crippen MR) is 174 cm³/mol. The molecule has 7 atom stereocenters. The number of hydrogen-bond donors (Lipinski definition) is 1. The van der Waals surface area contributed by atoms with E-state index in [0.29, 0.717) is 50.4 Å². The lowest BCUT2D eigenvalue weighted by Gasteiger charge is -2.58. The topological polar surface area (TPSA) is 66.0 Å². The van der Waals surface area contributed by atoms with E-state index in [1.54, 1.807) is 5.57 Å². The molecular formula is C37H65NO5. The van der Waals surface area contributed by atoms with E-state index >= 15 is 0 Å². The summed E-state index contributed by atoms with van der Waals surface area (Å²) in [5.41, 5.74) is 2.43. The molecule has 6 nitrogen and oxygen atoms in total. The molecule has 6 heteroatoms. The number of ether oxygens (including phenoxy) is 4. The van der Waals surface area contributed by atoms with Crippen LogP contribution in [0.25, 0.3) is 0 Å². The summed E-state index contributed by atoms with van der Waals surface area (Å²) >= 11 is 0. The quantitative estimate of drug-likeness (QED) is 0.125. The standard InChI is InChI=1S/C37H65NO5/c1-6-21-40-23-25-42-26-24-41-22-9-20-38-35(39)43-31-16-18-37(5)30(27-31)12-14-32-33-15-13-29(11-8-7-10-28(2)3)36(33,4)19-17-34(32)37/h12,28-29,31-34H,6-11,13-27H2,1-5H3,(H,38,39). The average Bonchev–Trinajstić information content (AvgIpc) is 3.32. The van der Waals surface area contributed by atoms with Crippen LogP contribution in [0.1, 0.15) is 125 Å². The van der Waals surface area contributed by atoms with E-state index in [0.717, 1.165) is 68.3 Å². The molecule has 3 saturated carbocycles. The molecule has 0 saturated heterocycles. The molecule has 1 N–H and O–H groups in total. The van der Waals surface area contributed by atoms with Crippen molar-refractivity contribution in [2.75, 3.05) is 46.2 Å². The SMILES string of the molecule is CCCOCCOCCOCCCNC(=O)OC1CCC2(C)C(=CCC3C2CCC2(C)C(CCCCC(C)C)CCC32)C1. The Morgan fingerprint density at radius 1 is 0.907 bits per heavy atom. The first-order valence-electron chi connectivity index (χ1n) is 18.1. The van der Waals surface area contributed by atoms with Gasteiger partial charge in [0.05, 0.1) is 26.4 Å². The highest BCUT2D eigenvalue weighted by atomic mass is 16.6. The summed E-state index contributed by atoms with van der Waals surface area (Å²) in [5, 5.41) is 2.94. The average molecular weight is 604 g/mol. The van der Waals surface area contributed by atoms with Crippen LogP contribution in [0.3, 0.4) is 0 Å². The number of amides is 1. The van der Waals surface area contributed by atoms with Gasteiger partial charge in [-0.25, -0.2) is 4.79 Å². The van der Waals surface area contributed by atoms with E-state index in [1.807, 2.05) is 0 Å². The highest BCUT2D eigenvalue weighted by Gasteiger charge is 2.58. The number of carbonyl (C=O) groups excluding carboxylic acids is 1. The molecule has 0 bridgehead atoms. The maximum Gasteiger partial charge on any atom is 0.407 e. The van der Waals surface area contributed by atoms with E-state index in [4.69, 9.17) is 18.9 Å². The van der Waals surface area contributed by atoms with Crippen LogP contribution in [0.4, 0.5) is 4.79 Å². The fourth-order valence-electron chi connectivity index (χ4n) is 9.50. The first kappa shape index (κ1) is 34.8. The summed E-state index contributed by atoms with van der Waals surface area (Å²) in [5.74, 6) is 4.33. The van der Waals surface area contributed by atoms with Crippen LogP contribution < -0.4 is 5.32 Å². The van der Waals surface area contributed by atoms with Gasteiger partial charge in [0.2, 0.25) is 0 Å². The largest absolute Gasteiger partial charge is 0.446 e. The van der Waals surface area contributed by atoms with Crippen molar-refractivity contribution in [1.82, 2.24) is 5.32 Å². The van der Waals surface area contributed by atoms with Gasteiger partial charge in [-0.05, 0) is 105 Å². The van der Waals surface area contributed by atoms with Crippen LogP contribution in [0, 0.1) is 40.4 Å². The zero-order valence-electron chi connectivity index (χ0n) is 28.4. The molecule has 3 fully saturated rings. The number of nitrogens with one attached hydrogen (secondary N) is 1. The van der Waals surface area contributed by atoms with E-state index < -0.39 is 0 Å². The second kappa shape index (κ2) is 17.0. The Bertz CT molecular complexity index is 875. The molecule has 43 heavy (non-hydrogen) atoms. The number of fused-ring (bicyclic) bond motifs is 5. The fraction of sp³-hybridized carbons (Fsp3) is 0.919. The third-order valence-corrected chi connectivity index (χ3v) is 11.9. The van der Waals surface area contributed by atoms with Crippen molar-refractivity contribution >= 4 is 6.09 Å². The Morgan fingerprint density at radius 3 is 2.40 bits per heavy atom. The van der Waals surface area contributed by atoms with Crippen LogP contribution in [0.15, 0.2) is 11.6 Å². The van der Waals surface area contributed by atoms with Gasteiger partial charge in [-0.15, -0.1) is 0 Å². The molecule has 0 spiro atoms. The zero-order valence-corrected chi connectivity index (χ0v) is 28.4. The van der Waals surface area contributed by atoms with E-state index in [2.05, 4.69) is 46.0 Å². The van der Waals surface area contributed by atoms with Crippen molar-refractivity contribution in [3.63, 3.8) is 0 Å². The van der Waals surface area contributed by atoms with Crippen LogP contribution in [0.5, 0.6) is 0 Å². The lowest BCUT2D eigenvalue weighted by atomic mass is 9.47. The predicted octanol–water partition coefficient (Wildman–Crippen LogP) is 8.73. The molecule has 4 aliphatic rings. The molecule has 4 rings (SSSR count). The Balaban J connectivity index is 1.14. The Morgan fingerprint density at radius 2 is 1.65 bits per heavy atom. The molecule has 0 aromatic carbocycles. The van der Waals surface area contributed by atoms with Crippen molar-refractivity contribution in [1.29, 1.82) is 0 Å². The Hall–Kier alpha value is -1.11. The number of hydrogen-bond acceptors (Lipinski definition) is 5. The summed E-state index contributed by atoms with van der Waals surface area (Å²) in [6, 6.07) is 0. The van der Waals surface area contributed by atoms with Crippen LogP contribution in [-0.4, -0.2) is 58.4 Å². The van der Waals surface area contributed by atoms with Crippen molar-refractivity contribution in [3.05, 3.63) is 11.6 Å². The summed E-state index contributed by atoms with van der Waals surface area (Å²) in [6.07, 6.45) is 19.8. The maximum absolute atomic E-state index is 12.6. The van der Waals surface area contributed by atoms with Gasteiger partial charge in [0, 0.05) is 26.2 Å². The monoisotopic (exact) mass is 603 g/mol. The number of rotatable bonds is 18. The smallest absolute Gasteiger partial charge is 0.407 e. The molecule has 0 aromatic heterocycles. The van der Waals surface area contributed by atoms with Crippen molar-refractivity contribution < 1.29 is 23.7 Å². The van der Waals surface area contributed by atoms with E-state index in [9.17, 15) is 4.79 Å². The van der Waals surface area contributed by atoms with Crippen molar-refractivity contribution in [2.45, 2.75) is 131 Å². The lowest BCUT2D eigenvalue weighted by molar-refractivity contribution is -0.0519. The lowest BCUT2D eigenvalue weighted by Crippen LogP contribution is -2.50. The molecule has 0 aliphatic heterocycles. The summed E-state index contributed by atoms with van der Waals surface area (Å²) in [4.78, 5) is 12.6. The molecular weight excluding hydrogens is 538 g/mol. The van der Waals surface area contributed by atoms with Crippen molar-refractivity contribution in [2.24, 2.45) is 40.4 Å². The van der Waals surface area contributed by atoms with Crippen LogP contribution in [0.2, 0.25) is 0 Å². The Kier molecular flexibility index (Phi) is 13.7. The third-order valence-electron chi connectivity index (χ3n) is 11.9.